The molecule has 1 aromatic heterocycles. The standard InChI is InChI=1S/C22H19N3O6/c1-23(12-14-3-4-16-10-18(30-2)7-5-15(16)9-14)21(26)13-24-19-11-17(25(28)29)6-8-20(19)31-22(24)27/h3-11H,12-13H2,1-2H3. The molecule has 3 aromatic carbocycles. The van der Waals surface area contributed by atoms with Crippen LogP contribution in [0.15, 0.2) is 63.8 Å². The Bertz CT molecular complexity index is 1370. The number of ether oxygens (including phenoxy) is 1. The number of amides is 1. The van der Waals surface area contributed by atoms with Gasteiger partial charge in [0.2, 0.25) is 5.91 Å². The SMILES string of the molecule is COc1ccc2cc(CN(C)C(=O)Cn3c(=O)oc4ccc([N+](=O)[O-])cc43)ccc2c1. The second kappa shape index (κ2) is 7.94. The van der Waals surface area contributed by atoms with Crippen molar-refractivity contribution >= 4 is 33.5 Å². The van der Waals surface area contributed by atoms with Gasteiger partial charge in [0.15, 0.2) is 5.58 Å². The molecule has 0 aliphatic rings. The maximum atomic E-state index is 12.8. The van der Waals surface area contributed by atoms with Gasteiger partial charge in [-0.15, -0.1) is 0 Å². The van der Waals surface area contributed by atoms with Crippen LogP contribution in [0.25, 0.3) is 21.9 Å². The van der Waals surface area contributed by atoms with E-state index in [1.807, 2.05) is 36.4 Å². The molecular formula is C22H19N3O6. The molecule has 1 amide bonds. The largest absolute Gasteiger partial charge is 0.497 e. The molecule has 0 atom stereocenters. The number of carbonyl (C=O) groups is 1. The number of oxazole rings is 1. The second-order valence-corrected chi connectivity index (χ2v) is 7.16. The summed E-state index contributed by atoms with van der Waals surface area (Å²) in [6, 6.07) is 15.5. The van der Waals surface area contributed by atoms with Crippen LogP contribution < -0.4 is 10.5 Å². The Morgan fingerprint density at radius 2 is 1.87 bits per heavy atom. The lowest BCUT2D eigenvalue weighted by molar-refractivity contribution is -0.384. The molecule has 0 unspecified atom stereocenters. The van der Waals surface area contributed by atoms with Crippen LogP contribution in [-0.2, 0) is 17.9 Å². The van der Waals surface area contributed by atoms with Crippen LogP contribution in [0.4, 0.5) is 5.69 Å². The number of non-ortho nitro benzene ring substituents is 1. The van der Waals surface area contributed by atoms with Crippen molar-refractivity contribution in [2.45, 2.75) is 13.1 Å². The highest BCUT2D eigenvalue weighted by molar-refractivity contribution is 5.85. The molecular weight excluding hydrogens is 402 g/mol. The molecule has 0 radical (unpaired) electrons. The predicted octanol–water partition coefficient (Wildman–Crippen LogP) is 3.32. The smallest absolute Gasteiger partial charge is 0.420 e. The average Bonchev–Trinajstić information content (AvgIpc) is 3.07. The van der Waals surface area contributed by atoms with Crippen molar-refractivity contribution in [3.63, 3.8) is 0 Å². The van der Waals surface area contributed by atoms with E-state index >= 15 is 0 Å². The van der Waals surface area contributed by atoms with E-state index in [1.165, 1.54) is 23.1 Å². The zero-order chi connectivity index (χ0) is 22.1. The summed E-state index contributed by atoms with van der Waals surface area (Å²) in [6.07, 6.45) is 0. The summed E-state index contributed by atoms with van der Waals surface area (Å²) < 4.78 is 11.4. The second-order valence-electron chi connectivity index (χ2n) is 7.16. The molecule has 9 nitrogen and oxygen atoms in total. The Morgan fingerprint density at radius 1 is 1.13 bits per heavy atom. The lowest BCUT2D eigenvalue weighted by Crippen LogP contribution is -2.32. The molecule has 9 heteroatoms. The lowest BCUT2D eigenvalue weighted by Gasteiger charge is -2.18. The van der Waals surface area contributed by atoms with Crippen LogP contribution in [-0.4, -0.2) is 34.5 Å². The summed E-state index contributed by atoms with van der Waals surface area (Å²) in [5.41, 5.74) is 1.14. The van der Waals surface area contributed by atoms with Crippen molar-refractivity contribution < 1.29 is 18.9 Å². The number of fused-ring (bicyclic) bond motifs is 2. The zero-order valence-electron chi connectivity index (χ0n) is 16.9. The van der Waals surface area contributed by atoms with Crippen LogP contribution in [0.5, 0.6) is 5.75 Å². The van der Waals surface area contributed by atoms with Gasteiger partial charge in [-0.2, -0.15) is 0 Å². The van der Waals surface area contributed by atoms with E-state index in [4.69, 9.17) is 9.15 Å². The maximum Gasteiger partial charge on any atom is 0.420 e. The molecule has 158 valence electrons. The number of benzene rings is 3. The highest BCUT2D eigenvalue weighted by Crippen LogP contribution is 2.23. The predicted molar refractivity (Wildman–Crippen MR) is 114 cm³/mol. The molecule has 0 saturated heterocycles. The first kappa shape index (κ1) is 20.1. The summed E-state index contributed by atoms with van der Waals surface area (Å²) in [4.78, 5) is 36.9. The Hall–Kier alpha value is -4.14. The molecule has 0 aliphatic carbocycles. The Labute approximate surface area is 176 Å². The summed E-state index contributed by atoms with van der Waals surface area (Å²) >= 11 is 0. The molecule has 0 N–H and O–H groups in total. The Balaban J connectivity index is 1.54. The molecule has 4 rings (SSSR count). The fraction of sp³-hybridized carbons (Fsp3) is 0.182. The minimum absolute atomic E-state index is 0.185. The van der Waals surface area contributed by atoms with Crippen molar-refractivity contribution in [2.75, 3.05) is 14.2 Å². The topological polar surface area (TPSA) is 108 Å². The number of hydrogen-bond acceptors (Lipinski definition) is 6. The van der Waals surface area contributed by atoms with Gasteiger partial charge in [-0.05, 0) is 40.6 Å². The van der Waals surface area contributed by atoms with Gasteiger partial charge in [0.05, 0.1) is 17.5 Å². The Kier molecular flexibility index (Phi) is 5.16. The number of hydrogen-bond donors (Lipinski definition) is 0. The highest BCUT2D eigenvalue weighted by atomic mass is 16.6. The molecule has 0 aliphatic heterocycles. The summed E-state index contributed by atoms with van der Waals surface area (Å²) in [5, 5.41) is 13.1. The van der Waals surface area contributed by atoms with Gasteiger partial charge in [-0.25, -0.2) is 4.79 Å². The molecule has 0 spiro atoms. The number of carbonyl (C=O) groups excluding carboxylic acids is 1. The molecule has 0 fully saturated rings. The van der Waals surface area contributed by atoms with Gasteiger partial charge in [0.25, 0.3) is 5.69 Å². The molecule has 1 heterocycles. The normalized spacial score (nSPS) is 11.0. The summed E-state index contributed by atoms with van der Waals surface area (Å²) in [5.74, 6) is -0.298. The minimum Gasteiger partial charge on any atom is -0.497 e. The van der Waals surface area contributed by atoms with E-state index in [2.05, 4.69) is 0 Å². The van der Waals surface area contributed by atoms with Crippen LogP contribution in [0.3, 0.4) is 0 Å². The van der Waals surface area contributed by atoms with E-state index < -0.39 is 10.7 Å². The first-order valence-corrected chi connectivity index (χ1v) is 9.44. The van der Waals surface area contributed by atoms with Crippen LogP contribution in [0.2, 0.25) is 0 Å². The monoisotopic (exact) mass is 421 g/mol. The number of nitro groups is 1. The van der Waals surface area contributed by atoms with Gasteiger partial charge in [-0.1, -0.05) is 18.2 Å². The number of methoxy groups -OCH3 is 1. The van der Waals surface area contributed by atoms with Gasteiger partial charge < -0.3 is 14.1 Å². The van der Waals surface area contributed by atoms with Crippen molar-refractivity contribution in [2.24, 2.45) is 0 Å². The first-order valence-electron chi connectivity index (χ1n) is 9.44. The quantitative estimate of drug-likeness (QED) is 0.349. The molecule has 4 aromatic rings. The molecule has 0 saturated carbocycles. The number of likely N-dealkylation sites (N-methyl/N-ethyl adjacent to an activating group) is 1. The van der Waals surface area contributed by atoms with Crippen molar-refractivity contribution in [3.8, 4) is 5.75 Å². The van der Waals surface area contributed by atoms with Crippen LogP contribution in [0, 0.1) is 10.1 Å². The van der Waals surface area contributed by atoms with E-state index in [1.54, 1.807) is 14.2 Å². The number of nitrogens with zero attached hydrogens (tertiary/aromatic N) is 3. The van der Waals surface area contributed by atoms with Crippen LogP contribution >= 0.6 is 0 Å². The Morgan fingerprint density at radius 3 is 2.61 bits per heavy atom. The van der Waals surface area contributed by atoms with Crippen LogP contribution in [0.1, 0.15) is 5.56 Å². The van der Waals surface area contributed by atoms with Gasteiger partial charge in [0.1, 0.15) is 12.3 Å². The molecule has 31 heavy (non-hydrogen) atoms. The average molecular weight is 421 g/mol. The van der Waals surface area contributed by atoms with Gasteiger partial charge in [0, 0.05) is 25.7 Å². The third-order valence-corrected chi connectivity index (χ3v) is 5.11. The van der Waals surface area contributed by atoms with E-state index in [0.717, 1.165) is 26.7 Å². The fourth-order valence-electron chi connectivity index (χ4n) is 3.43. The van der Waals surface area contributed by atoms with Crippen molar-refractivity contribution in [3.05, 3.63) is 80.8 Å². The summed E-state index contributed by atoms with van der Waals surface area (Å²) in [6.45, 7) is 0.0553. The summed E-state index contributed by atoms with van der Waals surface area (Å²) in [7, 11) is 3.25. The van der Waals surface area contributed by atoms with Gasteiger partial charge >= 0.3 is 5.76 Å². The third-order valence-electron chi connectivity index (χ3n) is 5.11. The first-order chi connectivity index (χ1) is 14.9. The number of aromatic nitrogens is 1. The minimum atomic E-state index is -0.739. The van der Waals surface area contributed by atoms with E-state index in [0.29, 0.717) is 6.54 Å². The fourth-order valence-corrected chi connectivity index (χ4v) is 3.43. The number of nitro benzene ring substituents is 1. The maximum absolute atomic E-state index is 12.8. The third kappa shape index (κ3) is 3.97. The van der Waals surface area contributed by atoms with E-state index in [-0.39, 0.29) is 29.2 Å². The van der Waals surface area contributed by atoms with Gasteiger partial charge in [-0.3, -0.25) is 19.5 Å². The lowest BCUT2D eigenvalue weighted by atomic mass is 10.1. The highest BCUT2D eigenvalue weighted by Gasteiger charge is 2.18. The molecule has 0 bridgehead atoms. The van der Waals surface area contributed by atoms with Crippen molar-refractivity contribution in [1.29, 1.82) is 0 Å². The van der Waals surface area contributed by atoms with Crippen molar-refractivity contribution in [1.82, 2.24) is 9.47 Å². The van der Waals surface area contributed by atoms with E-state index in [9.17, 15) is 19.7 Å². The number of rotatable bonds is 6. The zero-order valence-corrected chi connectivity index (χ0v) is 16.9.